The van der Waals surface area contributed by atoms with Crippen LogP contribution in [0, 0.1) is 10.1 Å². The van der Waals surface area contributed by atoms with E-state index in [0.29, 0.717) is 23.5 Å². The summed E-state index contributed by atoms with van der Waals surface area (Å²) in [5.74, 6) is -1.93. The average Bonchev–Trinajstić information content (AvgIpc) is 2.54. The molecule has 0 fully saturated rings. The van der Waals surface area contributed by atoms with Crippen molar-refractivity contribution in [3.05, 3.63) is 39.4 Å². The molecule has 1 rings (SSSR count). The SMILES string of the molecule is CCOC(C)(OCC)C([SiH3])(OCC)c1cc(C(N)=O)ccc1[N+](=O)[O-]. The van der Waals surface area contributed by atoms with E-state index >= 15 is 0 Å². The van der Waals surface area contributed by atoms with Crippen molar-refractivity contribution in [3.63, 3.8) is 0 Å². The molecule has 1 amide bonds. The molecule has 0 saturated heterocycles. The molecule has 0 aliphatic carbocycles. The van der Waals surface area contributed by atoms with Crippen molar-refractivity contribution in [2.45, 2.75) is 38.7 Å². The number of rotatable bonds is 10. The lowest BCUT2D eigenvalue weighted by molar-refractivity contribution is -0.388. The van der Waals surface area contributed by atoms with Gasteiger partial charge in [0.25, 0.3) is 5.69 Å². The molecule has 2 N–H and O–H groups in total. The summed E-state index contributed by atoms with van der Waals surface area (Å²) in [5, 5.41) is 10.4. The summed E-state index contributed by atoms with van der Waals surface area (Å²) in [7, 11) is 0.311. The molecule has 0 spiro atoms. The fourth-order valence-electron chi connectivity index (χ4n) is 2.84. The van der Waals surface area contributed by atoms with Gasteiger partial charge in [-0.25, -0.2) is 0 Å². The predicted molar refractivity (Wildman–Crippen MR) is 96.5 cm³/mol. The Morgan fingerprint density at radius 3 is 2.12 bits per heavy atom. The molecule has 1 aromatic carbocycles. The first-order chi connectivity index (χ1) is 11.7. The third-order valence-electron chi connectivity index (χ3n) is 4.13. The van der Waals surface area contributed by atoms with Crippen molar-refractivity contribution in [2.24, 2.45) is 5.73 Å². The lowest BCUT2D eigenvalue weighted by Crippen LogP contribution is -2.56. The molecular weight excluding hydrogens is 344 g/mol. The third-order valence-corrected chi connectivity index (χ3v) is 5.87. The molecule has 0 radical (unpaired) electrons. The fourth-order valence-corrected chi connectivity index (χ4v) is 3.82. The van der Waals surface area contributed by atoms with Crippen LogP contribution in [-0.4, -0.2) is 46.7 Å². The monoisotopic (exact) mass is 370 g/mol. The first-order valence-electron chi connectivity index (χ1n) is 8.17. The second-order valence-electron chi connectivity index (χ2n) is 5.63. The number of amides is 1. The van der Waals surface area contributed by atoms with Crippen LogP contribution in [0.15, 0.2) is 18.2 Å². The van der Waals surface area contributed by atoms with Crippen molar-refractivity contribution in [2.75, 3.05) is 19.8 Å². The molecule has 0 heterocycles. The van der Waals surface area contributed by atoms with E-state index in [0.717, 1.165) is 0 Å². The quantitative estimate of drug-likeness (QED) is 0.285. The predicted octanol–water partition coefficient (Wildman–Crippen LogP) is 1.04. The van der Waals surface area contributed by atoms with Gasteiger partial charge in [-0.3, -0.25) is 14.9 Å². The number of nitro benzene ring substituents is 1. The Morgan fingerprint density at radius 2 is 1.72 bits per heavy atom. The summed E-state index contributed by atoms with van der Waals surface area (Å²) in [6, 6.07) is 4.00. The van der Waals surface area contributed by atoms with Gasteiger partial charge in [-0.15, -0.1) is 0 Å². The normalized spacial score (nSPS) is 14.2. The van der Waals surface area contributed by atoms with Crippen molar-refractivity contribution in [1.82, 2.24) is 0 Å². The Bertz CT molecular complexity index is 633. The Morgan fingerprint density at radius 1 is 1.20 bits per heavy atom. The molecule has 0 saturated carbocycles. The zero-order chi connectivity index (χ0) is 19.3. The second kappa shape index (κ2) is 8.52. The Kier molecular flexibility index (Phi) is 7.24. The number of carbonyl (C=O) groups is 1. The van der Waals surface area contributed by atoms with Gasteiger partial charge in [0.15, 0.2) is 5.79 Å². The molecule has 0 bridgehead atoms. The molecular formula is C16H26N2O6Si. The standard InChI is InChI=1S/C16H26N2O6Si/c1-5-22-15(4,23-6-2)16(25,24-7-3)12-10-11(14(17)19)8-9-13(12)18(20)21/h8-10H,5-7H2,1-4,25H3,(H2,17,19). The summed E-state index contributed by atoms with van der Waals surface area (Å²) in [6.07, 6.45) is 0. The largest absolute Gasteiger partial charge is 0.369 e. The molecule has 0 aliphatic heterocycles. The van der Waals surface area contributed by atoms with Gasteiger partial charge in [-0.1, -0.05) is 0 Å². The molecule has 25 heavy (non-hydrogen) atoms. The number of hydrogen-bond donors (Lipinski definition) is 1. The highest BCUT2D eigenvalue weighted by atomic mass is 28.1. The van der Waals surface area contributed by atoms with Gasteiger partial charge in [-0.2, -0.15) is 0 Å². The maximum absolute atomic E-state index is 11.6. The Balaban J connectivity index is 3.73. The van der Waals surface area contributed by atoms with Crippen LogP contribution in [0.25, 0.3) is 0 Å². The van der Waals surface area contributed by atoms with E-state index in [1.54, 1.807) is 27.7 Å². The first kappa shape index (κ1) is 21.2. The fraction of sp³-hybridized carbons (Fsp3) is 0.562. The summed E-state index contributed by atoms with van der Waals surface area (Å²) >= 11 is 0. The highest BCUT2D eigenvalue weighted by molar-refractivity contribution is 6.16. The minimum Gasteiger partial charge on any atom is -0.369 e. The number of benzene rings is 1. The van der Waals surface area contributed by atoms with Gasteiger partial charge in [0.1, 0.15) is 5.22 Å². The molecule has 8 nitrogen and oxygen atoms in total. The molecule has 1 aromatic rings. The molecule has 1 unspecified atom stereocenters. The van der Waals surface area contributed by atoms with Crippen molar-refractivity contribution in [3.8, 4) is 0 Å². The zero-order valence-corrected chi connectivity index (χ0v) is 17.3. The van der Waals surface area contributed by atoms with Crippen LogP contribution in [0.4, 0.5) is 5.69 Å². The molecule has 9 heteroatoms. The number of carbonyl (C=O) groups excluding carboxylic acids is 1. The van der Waals surface area contributed by atoms with E-state index in [1.165, 1.54) is 18.2 Å². The highest BCUT2D eigenvalue weighted by Gasteiger charge is 2.52. The topological polar surface area (TPSA) is 114 Å². The van der Waals surface area contributed by atoms with Crippen LogP contribution in [0.3, 0.4) is 0 Å². The molecule has 1 atom stereocenters. The molecule has 0 aromatic heterocycles. The Labute approximate surface area is 150 Å². The van der Waals surface area contributed by atoms with Crippen LogP contribution < -0.4 is 5.73 Å². The summed E-state index contributed by atoms with van der Waals surface area (Å²) in [4.78, 5) is 22.6. The summed E-state index contributed by atoms with van der Waals surface area (Å²) in [5.41, 5.74) is 5.58. The summed E-state index contributed by atoms with van der Waals surface area (Å²) in [6.45, 7) is 8.04. The van der Waals surface area contributed by atoms with Gasteiger partial charge in [-0.05, 0) is 39.8 Å². The van der Waals surface area contributed by atoms with E-state index in [9.17, 15) is 14.9 Å². The van der Waals surface area contributed by atoms with Crippen LogP contribution in [0.5, 0.6) is 0 Å². The zero-order valence-electron chi connectivity index (χ0n) is 15.3. The molecule has 0 aliphatic rings. The van der Waals surface area contributed by atoms with Crippen molar-refractivity contribution < 1.29 is 23.9 Å². The lowest BCUT2D eigenvalue weighted by atomic mass is 9.96. The van der Waals surface area contributed by atoms with Crippen LogP contribution >= 0.6 is 0 Å². The summed E-state index contributed by atoms with van der Waals surface area (Å²) < 4.78 is 17.6. The number of primary amides is 1. The van der Waals surface area contributed by atoms with E-state index in [-0.39, 0.29) is 23.4 Å². The van der Waals surface area contributed by atoms with E-state index in [1.807, 2.05) is 0 Å². The van der Waals surface area contributed by atoms with E-state index < -0.39 is 21.8 Å². The smallest absolute Gasteiger partial charge is 0.275 e. The average molecular weight is 370 g/mol. The van der Waals surface area contributed by atoms with E-state index in [4.69, 9.17) is 19.9 Å². The van der Waals surface area contributed by atoms with Gasteiger partial charge in [0, 0.05) is 31.5 Å². The number of ether oxygens (including phenoxy) is 3. The number of nitrogens with zero attached hydrogens (tertiary/aromatic N) is 1. The van der Waals surface area contributed by atoms with Crippen LogP contribution in [0.2, 0.25) is 0 Å². The van der Waals surface area contributed by atoms with Crippen molar-refractivity contribution in [1.29, 1.82) is 0 Å². The maximum atomic E-state index is 11.6. The number of nitrogens with two attached hydrogens (primary N) is 1. The molecule has 140 valence electrons. The van der Waals surface area contributed by atoms with Gasteiger partial charge in [0.05, 0.1) is 20.7 Å². The number of nitro groups is 1. The highest BCUT2D eigenvalue weighted by Crippen LogP contribution is 2.42. The second-order valence-corrected chi connectivity index (χ2v) is 7.04. The maximum Gasteiger partial charge on any atom is 0.275 e. The van der Waals surface area contributed by atoms with Crippen LogP contribution in [-0.2, 0) is 19.4 Å². The van der Waals surface area contributed by atoms with Crippen molar-refractivity contribution >= 4 is 21.8 Å². The first-order valence-corrected chi connectivity index (χ1v) is 9.17. The minimum absolute atomic E-state index is 0.163. The van der Waals surface area contributed by atoms with Gasteiger partial charge in [0.2, 0.25) is 5.91 Å². The number of hydrogen-bond acceptors (Lipinski definition) is 6. The minimum atomic E-state index is -1.25. The third kappa shape index (κ3) is 4.24. The lowest BCUT2D eigenvalue weighted by Gasteiger charge is -2.45. The van der Waals surface area contributed by atoms with Gasteiger partial charge >= 0.3 is 0 Å². The Hall–Kier alpha value is -1.81. The van der Waals surface area contributed by atoms with Crippen LogP contribution in [0.1, 0.15) is 43.6 Å². The van der Waals surface area contributed by atoms with Gasteiger partial charge < -0.3 is 19.9 Å². The van der Waals surface area contributed by atoms with E-state index in [2.05, 4.69) is 0 Å².